The van der Waals surface area contributed by atoms with Gasteiger partial charge < -0.3 is 19.2 Å². The van der Waals surface area contributed by atoms with Gasteiger partial charge in [0.25, 0.3) is 0 Å². The highest BCUT2D eigenvalue weighted by atomic mass is 19.4. The lowest BCUT2D eigenvalue weighted by Crippen LogP contribution is -2.58. The SMILES string of the molecule is O=C(O)C(F)(F)F.O=C1COC2(CCN(Cc3ccoc3)CC2)CN1CC1CC1. The van der Waals surface area contributed by atoms with E-state index in [0.29, 0.717) is 0 Å². The zero-order valence-electron chi connectivity index (χ0n) is 16.0. The standard InChI is InChI=1S/C17H24N2O3.C2HF3O2/c20-16-12-22-17(13-19(16)10-14-1-2-14)4-6-18(7-5-17)9-15-3-8-21-11-15;3-2(4,5)1(6)7/h3,8,11,14H,1-2,4-7,9-10,12-13H2;(H,6,7). The van der Waals surface area contributed by atoms with Crippen molar-refractivity contribution in [2.24, 2.45) is 5.92 Å². The lowest BCUT2D eigenvalue weighted by atomic mass is 9.89. The monoisotopic (exact) mass is 418 g/mol. The van der Waals surface area contributed by atoms with E-state index in [1.165, 1.54) is 18.4 Å². The Morgan fingerprint density at radius 1 is 1.28 bits per heavy atom. The van der Waals surface area contributed by atoms with E-state index in [9.17, 15) is 18.0 Å². The van der Waals surface area contributed by atoms with Gasteiger partial charge >= 0.3 is 12.1 Å². The predicted molar refractivity (Wildman–Crippen MR) is 94.9 cm³/mol. The second-order valence-electron chi connectivity index (χ2n) is 7.90. The Balaban J connectivity index is 0.000000298. The maximum absolute atomic E-state index is 12.0. The van der Waals surface area contributed by atoms with Crippen LogP contribution in [0.15, 0.2) is 23.0 Å². The topological polar surface area (TPSA) is 83.2 Å². The van der Waals surface area contributed by atoms with Gasteiger partial charge in [-0.05, 0) is 37.7 Å². The molecule has 1 saturated carbocycles. The lowest BCUT2D eigenvalue weighted by Gasteiger charge is -2.47. The number of rotatable bonds is 4. The van der Waals surface area contributed by atoms with Crippen molar-refractivity contribution in [1.82, 2.24) is 9.80 Å². The van der Waals surface area contributed by atoms with Crippen LogP contribution in [0.4, 0.5) is 13.2 Å². The summed E-state index contributed by atoms with van der Waals surface area (Å²) in [6.45, 7) is 5.00. The Bertz CT molecular complexity index is 695. The maximum atomic E-state index is 12.0. The molecule has 3 heterocycles. The van der Waals surface area contributed by atoms with E-state index < -0.39 is 12.1 Å². The first-order chi connectivity index (χ1) is 13.7. The van der Waals surface area contributed by atoms with Crippen molar-refractivity contribution in [2.45, 2.75) is 44.0 Å². The molecule has 29 heavy (non-hydrogen) atoms. The van der Waals surface area contributed by atoms with Gasteiger partial charge in [0.15, 0.2) is 0 Å². The van der Waals surface area contributed by atoms with Gasteiger partial charge in [0.05, 0.1) is 18.1 Å². The van der Waals surface area contributed by atoms with E-state index >= 15 is 0 Å². The average molecular weight is 418 g/mol. The number of aliphatic carboxylic acids is 1. The Kier molecular flexibility index (Phi) is 6.52. The average Bonchev–Trinajstić information content (AvgIpc) is 3.33. The van der Waals surface area contributed by atoms with Gasteiger partial charge in [-0.1, -0.05) is 0 Å². The number of carbonyl (C=O) groups excluding carboxylic acids is 1. The van der Waals surface area contributed by atoms with Crippen LogP contribution in [0.2, 0.25) is 0 Å². The van der Waals surface area contributed by atoms with Gasteiger partial charge in [0, 0.05) is 38.3 Å². The van der Waals surface area contributed by atoms with Crippen molar-refractivity contribution >= 4 is 11.9 Å². The minimum Gasteiger partial charge on any atom is -0.475 e. The van der Waals surface area contributed by atoms with Crippen molar-refractivity contribution in [2.75, 3.05) is 32.8 Å². The summed E-state index contributed by atoms with van der Waals surface area (Å²) in [5.74, 6) is -1.83. The summed E-state index contributed by atoms with van der Waals surface area (Å²) in [5.41, 5.74) is 1.13. The maximum Gasteiger partial charge on any atom is 0.490 e. The highest BCUT2D eigenvalue weighted by molar-refractivity contribution is 5.78. The Morgan fingerprint density at radius 3 is 2.45 bits per heavy atom. The highest BCUT2D eigenvalue weighted by Crippen LogP contribution is 2.35. The van der Waals surface area contributed by atoms with Crippen molar-refractivity contribution in [3.05, 3.63) is 24.2 Å². The second-order valence-corrected chi connectivity index (χ2v) is 7.90. The number of hydrogen-bond donors (Lipinski definition) is 1. The fourth-order valence-electron chi connectivity index (χ4n) is 3.63. The summed E-state index contributed by atoms with van der Waals surface area (Å²) in [4.78, 5) is 25.4. The molecule has 2 saturated heterocycles. The van der Waals surface area contributed by atoms with Crippen molar-refractivity contribution < 1.29 is 37.0 Å². The van der Waals surface area contributed by atoms with Crippen LogP contribution in [-0.2, 0) is 20.9 Å². The van der Waals surface area contributed by atoms with Crippen molar-refractivity contribution in [3.8, 4) is 0 Å². The first-order valence-electron chi connectivity index (χ1n) is 9.62. The van der Waals surface area contributed by atoms with Crippen LogP contribution < -0.4 is 0 Å². The molecule has 1 aromatic rings. The van der Waals surface area contributed by atoms with Gasteiger partial charge in [-0.2, -0.15) is 13.2 Å². The first-order valence-corrected chi connectivity index (χ1v) is 9.62. The van der Waals surface area contributed by atoms with Crippen LogP contribution in [0, 0.1) is 5.92 Å². The summed E-state index contributed by atoms with van der Waals surface area (Å²) in [5, 5.41) is 7.12. The molecule has 1 aliphatic carbocycles. The number of piperidine rings is 1. The van der Waals surface area contributed by atoms with E-state index in [4.69, 9.17) is 19.1 Å². The van der Waals surface area contributed by atoms with Gasteiger partial charge in [-0.3, -0.25) is 9.69 Å². The molecular formula is C19H25F3N2O5. The molecule has 1 spiro atoms. The molecule has 3 fully saturated rings. The molecule has 4 rings (SSSR count). The van der Waals surface area contributed by atoms with Gasteiger partial charge in [0.2, 0.25) is 5.91 Å². The zero-order chi connectivity index (χ0) is 21.1. The first kappa shape index (κ1) is 21.6. The molecule has 0 unspecified atom stereocenters. The number of carboxylic acids is 1. The number of furan rings is 1. The number of hydrogen-bond acceptors (Lipinski definition) is 5. The fourth-order valence-corrected chi connectivity index (χ4v) is 3.63. The minimum atomic E-state index is -5.08. The van der Waals surface area contributed by atoms with Gasteiger partial charge in [-0.15, -0.1) is 0 Å². The Labute approximate surface area is 166 Å². The summed E-state index contributed by atoms with van der Waals surface area (Å²) in [6.07, 6.45) is 3.06. The smallest absolute Gasteiger partial charge is 0.475 e. The van der Waals surface area contributed by atoms with Crippen LogP contribution in [0.3, 0.4) is 0 Å². The number of likely N-dealkylation sites (tertiary alicyclic amines) is 1. The molecule has 1 amide bonds. The predicted octanol–water partition coefficient (Wildman–Crippen LogP) is 2.52. The summed E-state index contributed by atoms with van der Waals surface area (Å²) in [6, 6.07) is 2.03. The van der Waals surface area contributed by atoms with E-state index in [1.54, 1.807) is 6.26 Å². The number of alkyl halides is 3. The Morgan fingerprint density at radius 2 is 1.93 bits per heavy atom. The Hall–Kier alpha value is -2.07. The number of carboxylic acid groups (broad SMARTS) is 1. The van der Waals surface area contributed by atoms with Crippen LogP contribution >= 0.6 is 0 Å². The molecule has 1 N–H and O–H groups in total. The molecular weight excluding hydrogens is 393 g/mol. The van der Waals surface area contributed by atoms with E-state index in [1.807, 2.05) is 12.3 Å². The summed E-state index contributed by atoms with van der Waals surface area (Å²) in [7, 11) is 0. The number of amides is 1. The molecule has 0 aromatic carbocycles. The minimum absolute atomic E-state index is 0.101. The molecule has 162 valence electrons. The number of nitrogens with zero attached hydrogens (tertiary/aromatic N) is 2. The molecule has 10 heteroatoms. The largest absolute Gasteiger partial charge is 0.490 e. The number of halogens is 3. The summed E-state index contributed by atoms with van der Waals surface area (Å²) >= 11 is 0. The molecule has 1 aromatic heterocycles. The summed E-state index contributed by atoms with van der Waals surface area (Å²) < 4.78 is 42.9. The molecule has 0 radical (unpaired) electrons. The van der Waals surface area contributed by atoms with E-state index in [2.05, 4.69) is 9.80 Å². The highest BCUT2D eigenvalue weighted by Gasteiger charge is 2.43. The van der Waals surface area contributed by atoms with Crippen LogP contribution in [0.25, 0.3) is 0 Å². The molecule has 2 aliphatic heterocycles. The van der Waals surface area contributed by atoms with Gasteiger partial charge in [0.1, 0.15) is 6.61 Å². The van der Waals surface area contributed by atoms with Crippen LogP contribution in [-0.4, -0.2) is 71.3 Å². The second kappa shape index (κ2) is 8.74. The number of morpholine rings is 1. The normalized spacial score (nSPS) is 22.3. The van der Waals surface area contributed by atoms with Crippen molar-refractivity contribution in [3.63, 3.8) is 0 Å². The van der Waals surface area contributed by atoms with Crippen LogP contribution in [0.1, 0.15) is 31.2 Å². The fraction of sp³-hybridized carbons (Fsp3) is 0.684. The molecule has 0 atom stereocenters. The third-order valence-electron chi connectivity index (χ3n) is 5.51. The third-order valence-corrected chi connectivity index (χ3v) is 5.51. The van der Waals surface area contributed by atoms with E-state index in [0.717, 1.165) is 51.5 Å². The molecule has 3 aliphatic rings. The lowest BCUT2D eigenvalue weighted by molar-refractivity contribution is -0.192. The van der Waals surface area contributed by atoms with E-state index in [-0.39, 0.29) is 18.1 Å². The van der Waals surface area contributed by atoms with Crippen molar-refractivity contribution in [1.29, 1.82) is 0 Å². The molecule has 0 bridgehead atoms. The van der Waals surface area contributed by atoms with Gasteiger partial charge in [-0.25, -0.2) is 4.79 Å². The van der Waals surface area contributed by atoms with Crippen LogP contribution in [0.5, 0.6) is 0 Å². The third kappa shape index (κ3) is 6.20. The number of ether oxygens (including phenoxy) is 1. The zero-order valence-corrected chi connectivity index (χ0v) is 16.0. The quantitative estimate of drug-likeness (QED) is 0.809. The number of carbonyl (C=O) groups is 2. The molecule has 7 nitrogen and oxygen atoms in total.